The molecule has 0 aliphatic carbocycles. The van der Waals surface area contributed by atoms with Gasteiger partial charge in [-0.25, -0.2) is 4.98 Å². The van der Waals surface area contributed by atoms with Crippen molar-refractivity contribution in [3.05, 3.63) is 48.2 Å². The molecule has 2 saturated heterocycles. The summed E-state index contributed by atoms with van der Waals surface area (Å²) in [7, 11) is 0. The number of hydrogen-bond acceptors (Lipinski definition) is 4. The van der Waals surface area contributed by atoms with Crippen LogP contribution in [0.3, 0.4) is 0 Å². The average molecular weight is 439 g/mol. The molecule has 5 rings (SSSR count). The monoisotopic (exact) mass is 438 g/mol. The molecule has 33 heavy (non-hydrogen) atoms. The number of nitriles is 1. The third-order valence-electron chi connectivity index (χ3n) is 6.84. The van der Waals surface area contributed by atoms with Crippen LogP contribution in [0.5, 0.6) is 0 Å². The van der Waals surface area contributed by atoms with Gasteiger partial charge in [0.05, 0.1) is 22.7 Å². The Morgan fingerprint density at radius 2 is 1.85 bits per heavy atom. The van der Waals surface area contributed by atoms with Crippen LogP contribution >= 0.6 is 0 Å². The number of hydrogen-bond donors (Lipinski definition) is 0. The van der Waals surface area contributed by atoms with Gasteiger partial charge in [0, 0.05) is 37.5 Å². The maximum Gasteiger partial charge on any atom is 0.137 e. The predicted molar refractivity (Wildman–Crippen MR) is 132 cm³/mol. The number of aromatic nitrogens is 2. The first kappa shape index (κ1) is 21.6. The summed E-state index contributed by atoms with van der Waals surface area (Å²) in [5, 5.41) is 9.22. The molecule has 2 fully saturated rings. The van der Waals surface area contributed by atoms with Crippen LogP contribution in [-0.4, -0.2) is 35.4 Å². The lowest BCUT2D eigenvalue weighted by molar-refractivity contribution is 0.0979. The van der Waals surface area contributed by atoms with E-state index in [0.717, 1.165) is 66.4 Å². The minimum atomic E-state index is 0.00511. The van der Waals surface area contributed by atoms with E-state index in [2.05, 4.69) is 42.0 Å². The highest BCUT2D eigenvalue weighted by atomic mass is 16.5. The van der Waals surface area contributed by atoms with Crippen LogP contribution in [0.4, 0.5) is 5.82 Å². The Morgan fingerprint density at radius 3 is 2.64 bits per heavy atom. The van der Waals surface area contributed by atoms with Gasteiger partial charge in [0.1, 0.15) is 11.9 Å². The van der Waals surface area contributed by atoms with E-state index >= 15 is 0 Å². The lowest BCUT2D eigenvalue weighted by Crippen LogP contribution is -2.33. The van der Waals surface area contributed by atoms with Crippen molar-refractivity contribution in [3.8, 4) is 29.2 Å². The van der Waals surface area contributed by atoms with Crippen molar-refractivity contribution in [3.63, 3.8) is 0 Å². The number of rotatable bonds is 2. The van der Waals surface area contributed by atoms with Gasteiger partial charge in [0.25, 0.3) is 0 Å². The van der Waals surface area contributed by atoms with E-state index in [1.54, 1.807) is 0 Å². The van der Waals surface area contributed by atoms with Crippen molar-refractivity contribution in [1.29, 1.82) is 5.26 Å². The number of pyridine rings is 1. The van der Waals surface area contributed by atoms with Gasteiger partial charge in [-0.2, -0.15) is 5.26 Å². The topological polar surface area (TPSA) is 54.1 Å². The SMILES string of the molecule is CC1CCN(c2nc3ccn(C#CC4CCCCCO4)c3cc2-c2ccc(C#N)cc2)CC1. The normalized spacial score (nSPS) is 19.5. The number of benzene rings is 1. The first-order valence-electron chi connectivity index (χ1n) is 12.1. The van der Waals surface area contributed by atoms with Crippen LogP contribution in [0.25, 0.3) is 22.2 Å². The van der Waals surface area contributed by atoms with Crippen molar-refractivity contribution in [2.45, 2.75) is 51.6 Å². The van der Waals surface area contributed by atoms with Crippen LogP contribution in [-0.2, 0) is 4.74 Å². The fraction of sp³-hybridized carbons (Fsp3) is 0.429. The molecule has 1 aromatic carbocycles. The maximum absolute atomic E-state index is 9.22. The summed E-state index contributed by atoms with van der Waals surface area (Å²) in [6, 6.07) is 17.6. The van der Waals surface area contributed by atoms with Crippen molar-refractivity contribution >= 4 is 16.9 Å². The van der Waals surface area contributed by atoms with E-state index < -0.39 is 0 Å². The smallest absolute Gasteiger partial charge is 0.137 e. The quantitative estimate of drug-likeness (QED) is 0.490. The number of nitrogens with zero attached hydrogens (tertiary/aromatic N) is 4. The second-order valence-corrected chi connectivity index (χ2v) is 9.27. The number of piperidine rings is 1. The molecule has 0 saturated carbocycles. The molecule has 0 spiro atoms. The third-order valence-corrected chi connectivity index (χ3v) is 6.84. The van der Waals surface area contributed by atoms with Gasteiger partial charge in [-0.3, -0.25) is 4.57 Å². The fourth-order valence-electron chi connectivity index (χ4n) is 4.72. The highest BCUT2D eigenvalue weighted by Gasteiger charge is 2.22. The number of anilines is 1. The van der Waals surface area contributed by atoms with E-state index in [9.17, 15) is 5.26 Å². The lowest BCUT2D eigenvalue weighted by Gasteiger charge is -2.32. The highest BCUT2D eigenvalue weighted by molar-refractivity contribution is 5.89. The minimum absolute atomic E-state index is 0.00511. The van der Waals surface area contributed by atoms with Gasteiger partial charge in [0.2, 0.25) is 0 Å². The number of ether oxygens (including phenoxy) is 1. The Hall–Kier alpha value is -3.28. The molecule has 5 nitrogen and oxygen atoms in total. The second kappa shape index (κ2) is 9.69. The Bertz CT molecular complexity index is 1210. The maximum atomic E-state index is 9.22. The van der Waals surface area contributed by atoms with Crippen LogP contribution in [0, 0.1) is 29.2 Å². The van der Waals surface area contributed by atoms with Crippen LogP contribution in [0.1, 0.15) is 51.0 Å². The van der Waals surface area contributed by atoms with E-state index in [-0.39, 0.29) is 6.10 Å². The van der Waals surface area contributed by atoms with Crippen LogP contribution in [0.2, 0.25) is 0 Å². The summed E-state index contributed by atoms with van der Waals surface area (Å²) in [6.45, 7) is 5.16. The van der Waals surface area contributed by atoms with Crippen LogP contribution in [0.15, 0.2) is 42.6 Å². The molecule has 2 aromatic heterocycles. The predicted octanol–water partition coefficient (Wildman–Crippen LogP) is 5.58. The Kier molecular flexibility index (Phi) is 6.33. The van der Waals surface area contributed by atoms with Crippen LogP contribution < -0.4 is 4.90 Å². The van der Waals surface area contributed by atoms with E-state index in [0.29, 0.717) is 5.56 Å². The molecule has 2 aliphatic heterocycles. The van der Waals surface area contributed by atoms with Gasteiger partial charge < -0.3 is 9.64 Å². The van der Waals surface area contributed by atoms with Gasteiger partial charge in [0.15, 0.2) is 0 Å². The zero-order valence-electron chi connectivity index (χ0n) is 19.3. The molecule has 1 unspecified atom stereocenters. The number of fused-ring (bicyclic) bond motifs is 1. The first-order valence-corrected chi connectivity index (χ1v) is 12.1. The Labute approximate surface area is 196 Å². The molecular formula is C28H30N4O. The zero-order chi connectivity index (χ0) is 22.6. The molecule has 0 amide bonds. The molecular weight excluding hydrogens is 408 g/mol. The van der Waals surface area contributed by atoms with Crippen molar-refractivity contribution in [2.75, 3.05) is 24.6 Å². The van der Waals surface area contributed by atoms with Crippen molar-refractivity contribution < 1.29 is 4.74 Å². The summed E-state index contributed by atoms with van der Waals surface area (Å²) in [5.41, 5.74) is 4.79. The Balaban J connectivity index is 1.55. The van der Waals surface area contributed by atoms with Gasteiger partial charge in [-0.1, -0.05) is 25.5 Å². The molecule has 0 radical (unpaired) electrons. The third kappa shape index (κ3) is 4.75. The van der Waals surface area contributed by atoms with E-state index in [1.165, 1.54) is 25.7 Å². The highest BCUT2D eigenvalue weighted by Crippen LogP contribution is 2.35. The largest absolute Gasteiger partial charge is 0.365 e. The summed E-state index contributed by atoms with van der Waals surface area (Å²) in [5.74, 6) is 5.11. The van der Waals surface area contributed by atoms with Gasteiger partial charge in [-0.05, 0) is 73.8 Å². The summed E-state index contributed by atoms with van der Waals surface area (Å²) < 4.78 is 7.88. The molecule has 5 heteroatoms. The second-order valence-electron chi connectivity index (χ2n) is 9.27. The van der Waals surface area contributed by atoms with Gasteiger partial charge >= 0.3 is 0 Å². The van der Waals surface area contributed by atoms with Crippen molar-refractivity contribution in [2.24, 2.45) is 5.92 Å². The zero-order valence-corrected chi connectivity index (χ0v) is 19.3. The summed E-state index contributed by atoms with van der Waals surface area (Å²) in [6.07, 6.45) is 8.89. The molecule has 2 aliphatic rings. The molecule has 0 bridgehead atoms. The molecule has 168 valence electrons. The summed E-state index contributed by atoms with van der Waals surface area (Å²) >= 11 is 0. The van der Waals surface area contributed by atoms with E-state index in [1.807, 2.05) is 35.0 Å². The van der Waals surface area contributed by atoms with Gasteiger partial charge in [-0.15, -0.1) is 0 Å². The average Bonchev–Trinajstić information content (AvgIpc) is 3.06. The molecule has 3 aromatic rings. The molecule has 0 N–H and O–H groups in total. The molecule has 1 atom stereocenters. The fourth-order valence-corrected chi connectivity index (χ4v) is 4.72. The molecule has 4 heterocycles. The Morgan fingerprint density at radius 1 is 1.03 bits per heavy atom. The van der Waals surface area contributed by atoms with Crippen molar-refractivity contribution in [1.82, 2.24) is 9.55 Å². The minimum Gasteiger partial charge on any atom is -0.365 e. The lowest BCUT2D eigenvalue weighted by atomic mass is 9.97. The first-order chi connectivity index (χ1) is 16.2. The standard InChI is InChI=1S/C28H30N4O/c1-21-10-14-32(15-11-21)28-25(23-8-6-22(20-29)7-9-23)19-27-26(30-28)13-17-31(27)16-12-24-5-3-2-4-18-33-24/h6-9,13,17,19,21,24H,2-5,10-11,14-15,18H2,1H3. The summed E-state index contributed by atoms with van der Waals surface area (Å²) in [4.78, 5) is 7.53. The van der Waals surface area contributed by atoms with E-state index in [4.69, 9.17) is 9.72 Å².